The van der Waals surface area contributed by atoms with E-state index in [1.807, 2.05) is 0 Å². The van der Waals surface area contributed by atoms with Crippen molar-refractivity contribution >= 4 is 11.6 Å². The van der Waals surface area contributed by atoms with Crippen LogP contribution in [-0.4, -0.2) is 37.3 Å². The van der Waals surface area contributed by atoms with Crippen LogP contribution in [0, 0.1) is 19.8 Å². The number of hydrogen-bond donors (Lipinski definition) is 3. The number of aliphatic hydroxyl groups is 1. The fourth-order valence-corrected chi connectivity index (χ4v) is 3.92. The normalized spacial score (nSPS) is 15.3. The number of nitrogens with zero attached hydrogens (tertiary/aromatic N) is 2. The highest BCUT2D eigenvalue weighted by atomic mass is 16.3. The van der Waals surface area contributed by atoms with Crippen LogP contribution in [0.15, 0.2) is 47.5 Å². The number of aryl methyl sites for hydroxylation is 2. The Morgan fingerprint density at radius 1 is 1.07 bits per heavy atom. The molecule has 5 heteroatoms. The van der Waals surface area contributed by atoms with Gasteiger partial charge in [-0.2, -0.15) is 0 Å². The highest BCUT2D eigenvalue weighted by molar-refractivity contribution is 5.79. The third-order valence-electron chi connectivity index (χ3n) is 5.88. The van der Waals surface area contributed by atoms with Gasteiger partial charge in [0.2, 0.25) is 0 Å². The largest absolute Gasteiger partial charge is 0.396 e. The Balaban J connectivity index is 1.56. The molecule has 2 aromatic rings. The minimum Gasteiger partial charge on any atom is -0.396 e. The van der Waals surface area contributed by atoms with Crippen molar-refractivity contribution in [2.45, 2.75) is 46.7 Å². The van der Waals surface area contributed by atoms with Gasteiger partial charge in [-0.15, -0.1) is 0 Å². The third kappa shape index (κ3) is 6.23. The van der Waals surface area contributed by atoms with Gasteiger partial charge >= 0.3 is 0 Å². The number of nitrogens with one attached hydrogen (secondary N) is 2. The molecule has 162 valence electrons. The molecule has 0 amide bonds. The van der Waals surface area contributed by atoms with E-state index in [2.05, 4.69) is 78.8 Å². The summed E-state index contributed by atoms with van der Waals surface area (Å²) < 4.78 is 0. The summed E-state index contributed by atoms with van der Waals surface area (Å²) >= 11 is 0. The summed E-state index contributed by atoms with van der Waals surface area (Å²) in [6, 6.07) is 15.3. The van der Waals surface area contributed by atoms with Crippen LogP contribution in [-0.2, 0) is 13.1 Å². The van der Waals surface area contributed by atoms with Gasteiger partial charge in [-0.25, -0.2) is 4.99 Å². The van der Waals surface area contributed by atoms with Crippen LogP contribution >= 0.6 is 0 Å². The molecule has 0 atom stereocenters. The molecule has 3 N–H and O–H groups in total. The van der Waals surface area contributed by atoms with Crippen molar-refractivity contribution in [1.29, 1.82) is 0 Å². The lowest BCUT2D eigenvalue weighted by atomic mass is 9.97. The molecule has 1 aliphatic rings. The predicted molar refractivity (Wildman–Crippen MR) is 126 cm³/mol. The van der Waals surface area contributed by atoms with E-state index < -0.39 is 0 Å². The summed E-state index contributed by atoms with van der Waals surface area (Å²) in [6.07, 6.45) is 2.14. The first-order chi connectivity index (χ1) is 14.6. The smallest absolute Gasteiger partial charge is 0.191 e. The molecule has 0 unspecified atom stereocenters. The number of hydrogen-bond acceptors (Lipinski definition) is 3. The lowest BCUT2D eigenvalue weighted by Gasteiger charge is -2.32. The number of piperidine rings is 1. The van der Waals surface area contributed by atoms with Gasteiger partial charge in [-0.1, -0.05) is 35.9 Å². The Bertz CT molecular complexity index is 824. The summed E-state index contributed by atoms with van der Waals surface area (Å²) in [6.45, 7) is 11.0. The average Bonchev–Trinajstić information content (AvgIpc) is 2.77. The monoisotopic (exact) mass is 408 g/mol. The Morgan fingerprint density at radius 3 is 2.43 bits per heavy atom. The highest BCUT2D eigenvalue weighted by Crippen LogP contribution is 2.23. The van der Waals surface area contributed by atoms with Crippen molar-refractivity contribution in [2.24, 2.45) is 10.9 Å². The van der Waals surface area contributed by atoms with E-state index in [1.54, 1.807) is 0 Å². The Morgan fingerprint density at radius 2 is 1.80 bits per heavy atom. The first-order valence-corrected chi connectivity index (χ1v) is 11.1. The summed E-state index contributed by atoms with van der Waals surface area (Å²) in [5.74, 6) is 1.31. The number of aliphatic hydroxyl groups excluding tert-OH is 1. The van der Waals surface area contributed by atoms with Gasteiger partial charge in [0.05, 0.1) is 6.54 Å². The molecule has 1 fully saturated rings. The number of aliphatic imine (C=N–C) groups is 1. The molecule has 0 saturated carbocycles. The van der Waals surface area contributed by atoms with E-state index in [1.165, 1.54) is 27.9 Å². The van der Waals surface area contributed by atoms with Crippen molar-refractivity contribution in [1.82, 2.24) is 10.6 Å². The van der Waals surface area contributed by atoms with Gasteiger partial charge in [0.25, 0.3) is 0 Å². The Labute approximate surface area is 181 Å². The fraction of sp³-hybridized carbons (Fsp3) is 0.480. The van der Waals surface area contributed by atoms with Gasteiger partial charge in [-0.05, 0) is 68.4 Å². The van der Waals surface area contributed by atoms with E-state index in [0.29, 0.717) is 19.1 Å². The van der Waals surface area contributed by atoms with Crippen LogP contribution in [0.25, 0.3) is 0 Å². The zero-order chi connectivity index (χ0) is 21.3. The first-order valence-electron chi connectivity index (χ1n) is 11.1. The lowest BCUT2D eigenvalue weighted by Crippen LogP contribution is -2.37. The zero-order valence-electron chi connectivity index (χ0n) is 18.6. The van der Waals surface area contributed by atoms with Gasteiger partial charge in [-0.3, -0.25) is 0 Å². The van der Waals surface area contributed by atoms with E-state index in [4.69, 9.17) is 4.99 Å². The van der Waals surface area contributed by atoms with Crippen molar-refractivity contribution < 1.29 is 5.11 Å². The van der Waals surface area contributed by atoms with E-state index in [9.17, 15) is 5.11 Å². The van der Waals surface area contributed by atoms with Gasteiger partial charge in [0.1, 0.15) is 0 Å². The van der Waals surface area contributed by atoms with Crippen LogP contribution in [0.4, 0.5) is 5.69 Å². The molecule has 3 rings (SSSR count). The highest BCUT2D eigenvalue weighted by Gasteiger charge is 2.18. The van der Waals surface area contributed by atoms with E-state index >= 15 is 0 Å². The summed E-state index contributed by atoms with van der Waals surface area (Å²) in [7, 11) is 0. The van der Waals surface area contributed by atoms with Crippen molar-refractivity contribution in [3.05, 3.63) is 64.7 Å². The molecule has 0 aromatic heterocycles. The Hall–Kier alpha value is -2.53. The minimum atomic E-state index is 0.316. The second-order valence-corrected chi connectivity index (χ2v) is 8.26. The SMILES string of the molecule is CCNC(=NCc1ccc(N2CCC(CO)CC2)cc1)NCc1ccc(C)cc1C. The standard InChI is InChI=1S/C25H36N4O/c1-4-26-25(28-17-23-8-5-19(2)15-20(23)3)27-16-21-6-9-24(10-7-21)29-13-11-22(18-30)12-14-29/h5-10,15,22,30H,4,11-14,16-18H2,1-3H3,(H2,26,27,28). The molecule has 0 aliphatic carbocycles. The van der Waals surface area contributed by atoms with Crippen molar-refractivity contribution in [2.75, 3.05) is 31.1 Å². The average molecular weight is 409 g/mol. The summed E-state index contributed by atoms with van der Waals surface area (Å²) in [5, 5.41) is 16.1. The third-order valence-corrected chi connectivity index (χ3v) is 5.88. The van der Waals surface area contributed by atoms with Crippen LogP contribution < -0.4 is 15.5 Å². The second-order valence-electron chi connectivity index (χ2n) is 8.26. The molecular formula is C25H36N4O. The zero-order valence-corrected chi connectivity index (χ0v) is 18.6. The molecule has 0 bridgehead atoms. The minimum absolute atomic E-state index is 0.316. The number of rotatable bonds is 7. The molecule has 30 heavy (non-hydrogen) atoms. The topological polar surface area (TPSA) is 59.9 Å². The van der Waals surface area contributed by atoms with Gasteiger partial charge < -0.3 is 20.6 Å². The van der Waals surface area contributed by atoms with E-state index in [-0.39, 0.29) is 0 Å². The number of benzene rings is 2. The molecule has 5 nitrogen and oxygen atoms in total. The maximum Gasteiger partial charge on any atom is 0.191 e. The van der Waals surface area contributed by atoms with Crippen LogP contribution in [0.2, 0.25) is 0 Å². The fourth-order valence-electron chi connectivity index (χ4n) is 3.92. The molecule has 1 heterocycles. The maximum absolute atomic E-state index is 9.31. The Kier molecular flexibility index (Phi) is 8.14. The van der Waals surface area contributed by atoms with Crippen LogP contribution in [0.1, 0.15) is 42.0 Å². The first kappa shape index (κ1) is 22.2. The van der Waals surface area contributed by atoms with Gasteiger partial charge in [0, 0.05) is 38.5 Å². The van der Waals surface area contributed by atoms with E-state index in [0.717, 1.165) is 45.0 Å². The number of guanidine groups is 1. The van der Waals surface area contributed by atoms with Crippen molar-refractivity contribution in [3.8, 4) is 0 Å². The van der Waals surface area contributed by atoms with Crippen LogP contribution in [0.5, 0.6) is 0 Å². The lowest BCUT2D eigenvalue weighted by molar-refractivity contribution is 0.203. The van der Waals surface area contributed by atoms with Gasteiger partial charge in [0.15, 0.2) is 5.96 Å². The maximum atomic E-state index is 9.31. The molecule has 1 aliphatic heterocycles. The van der Waals surface area contributed by atoms with Crippen LogP contribution in [0.3, 0.4) is 0 Å². The second kappa shape index (κ2) is 11.0. The molecular weight excluding hydrogens is 372 g/mol. The molecule has 1 saturated heterocycles. The number of anilines is 1. The summed E-state index contributed by atoms with van der Waals surface area (Å²) in [5.41, 5.74) is 6.35. The molecule has 0 spiro atoms. The molecule has 2 aromatic carbocycles. The quantitative estimate of drug-likeness (QED) is 0.482. The predicted octanol–water partition coefficient (Wildman–Crippen LogP) is 3.77. The molecule has 0 radical (unpaired) electrons. The van der Waals surface area contributed by atoms with Crippen molar-refractivity contribution in [3.63, 3.8) is 0 Å². The summed E-state index contributed by atoms with van der Waals surface area (Å²) in [4.78, 5) is 7.17.